The van der Waals surface area contributed by atoms with Crippen LogP contribution in [-0.4, -0.2) is 34.8 Å². The SMILES string of the molecule is O=C(Nc1ccccn1)[C@H]1CCCN(C(=O)Cc2ccccc2)C1. The van der Waals surface area contributed by atoms with Crippen molar-refractivity contribution < 1.29 is 9.59 Å². The van der Waals surface area contributed by atoms with Crippen molar-refractivity contribution in [1.82, 2.24) is 9.88 Å². The number of pyridine rings is 1. The molecule has 3 rings (SSSR count). The molecule has 0 aliphatic carbocycles. The van der Waals surface area contributed by atoms with Crippen molar-refractivity contribution in [2.75, 3.05) is 18.4 Å². The first-order chi connectivity index (χ1) is 11.7. The lowest BCUT2D eigenvalue weighted by molar-refractivity contribution is -0.133. The van der Waals surface area contributed by atoms with Crippen LogP contribution in [0.1, 0.15) is 18.4 Å². The van der Waals surface area contributed by atoms with Crippen molar-refractivity contribution in [3.05, 3.63) is 60.3 Å². The maximum Gasteiger partial charge on any atom is 0.230 e. The van der Waals surface area contributed by atoms with E-state index in [1.165, 1.54) is 0 Å². The average Bonchev–Trinajstić information content (AvgIpc) is 2.63. The van der Waals surface area contributed by atoms with Gasteiger partial charge in [0.1, 0.15) is 5.82 Å². The fourth-order valence-electron chi connectivity index (χ4n) is 2.96. The molecular weight excluding hydrogens is 302 g/mol. The predicted octanol–water partition coefficient (Wildman–Crippen LogP) is 2.50. The van der Waals surface area contributed by atoms with Crippen molar-refractivity contribution in [2.45, 2.75) is 19.3 Å². The number of nitrogens with one attached hydrogen (secondary N) is 1. The maximum atomic E-state index is 12.5. The fourth-order valence-corrected chi connectivity index (χ4v) is 2.96. The average molecular weight is 323 g/mol. The molecule has 5 heteroatoms. The Bertz CT molecular complexity index is 629. The summed E-state index contributed by atoms with van der Waals surface area (Å²) in [6, 6.07) is 15.1. The smallest absolute Gasteiger partial charge is 0.230 e. The number of likely N-dealkylation sites (tertiary alicyclic amines) is 1. The summed E-state index contributed by atoms with van der Waals surface area (Å²) in [5.74, 6) is 0.387. The molecule has 0 unspecified atom stereocenters. The summed E-state index contributed by atoms with van der Waals surface area (Å²) in [6.07, 6.45) is 3.68. The Hall–Kier alpha value is -2.69. The highest BCUT2D eigenvalue weighted by Gasteiger charge is 2.28. The topological polar surface area (TPSA) is 62.3 Å². The van der Waals surface area contributed by atoms with Gasteiger partial charge >= 0.3 is 0 Å². The first kappa shape index (κ1) is 16.2. The molecule has 24 heavy (non-hydrogen) atoms. The van der Waals surface area contributed by atoms with Crippen LogP contribution in [0.2, 0.25) is 0 Å². The van der Waals surface area contributed by atoms with Gasteiger partial charge in [0.05, 0.1) is 12.3 Å². The van der Waals surface area contributed by atoms with E-state index in [2.05, 4.69) is 10.3 Å². The summed E-state index contributed by atoms with van der Waals surface area (Å²) in [5, 5.41) is 2.83. The van der Waals surface area contributed by atoms with Gasteiger partial charge in [-0.25, -0.2) is 4.98 Å². The maximum absolute atomic E-state index is 12.5. The Labute approximate surface area is 141 Å². The zero-order valence-corrected chi connectivity index (χ0v) is 13.5. The number of piperidine rings is 1. The van der Waals surface area contributed by atoms with Gasteiger partial charge in [0, 0.05) is 19.3 Å². The molecule has 0 radical (unpaired) electrons. The second-order valence-corrected chi connectivity index (χ2v) is 6.05. The second-order valence-electron chi connectivity index (χ2n) is 6.05. The van der Waals surface area contributed by atoms with Crippen LogP contribution in [0.4, 0.5) is 5.82 Å². The largest absolute Gasteiger partial charge is 0.342 e. The Kier molecular flexibility index (Phi) is 5.21. The quantitative estimate of drug-likeness (QED) is 0.940. The Morgan fingerprint density at radius 2 is 1.92 bits per heavy atom. The standard InChI is InChI=1S/C19H21N3O2/c23-18(13-15-7-2-1-3-8-15)22-12-6-9-16(14-22)19(24)21-17-10-4-5-11-20-17/h1-5,7-8,10-11,16H,6,9,12-14H2,(H,20,21,24)/t16-/m0/s1. The molecule has 1 aliphatic heterocycles. The van der Waals surface area contributed by atoms with Crippen molar-refractivity contribution in [3.8, 4) is 0 Å². The van der Waals surface area contributed by atoms with Crippen molar-refractivity contribution in [3.63, 3.8) is 0 Å². The van der Waals surface area contributed by atoms with Gasteiger partial charge in [-0.3, -0.25) is 9.59 Å². The van der Waals surface area contributed by atoms with Crippen LogP contribution in [0, 0.1) is 5.92 Å². The van der Waals surface area contributed by atoms with Crippen LogP contribution < -0.4 is 5.32 Å². The van der Waals surface area contributed by atoms with Crippen LogP contribution in [0.25, 0.3) is 0 Å². The van der Waals surface area contributed by atoms with E-state index in [1.54, 1.807) is 23.2 Å². The molecule has 1 saturated heterocycles. The molecule has 1 N–H and O–H groups in total. The van der Waals surface area contributed by atoms with Gasteiger partial charge in [-0.2, -0.15) is 0 Å². The van der Waals surface area contributed by atoms with E-state index in [1.807, 2.05) is 36.4 Å². The third-order valence-electron chi connectivity index (χ3n) is 4.26. The lowest BCUT2D eigenvalue weighted by Crippen LogP contribution is -2.44. The highest BCUT2D eigenvalue weighted by Crippen LogP contribution is 2.19. The van der Waals surface area contributed by atoms with E-state index in [9.17, 15) is 9.59 Å². The number of hydrogen-bond donors (Lipinski definition) is 1. The molecule has 1 fully saturated rings. The van der Waals surface area contributed by atoms with Gasteiger partial charge in [-0.15, -0.1) is 0 Å². The predicted molar refractivity (Wildman–Crippen MR) is 92.3 cm³/mol. The zero-order valence-electron chi connectivity index (χ0n) is 13.5. The number of carbonyl (C=O) groups is 2. The molecule has 1 aromatic heterocycles. The van der Waals surface area contributed by atoms with Gasteiger partial charge in [-0.1, -0.05) is 36.4 Å². The van der Waals surface area contributed by atoms with Gasteiger partial charge in [0.25, 0.3) is 0 Å². The highest BCUT2D eigenvalue weighted by atomic mass is 16.2. The fraction of sp³-hybridized carbons (Fsp3) is 0.316. The Balaban J connectivity index is 1.57. The minimum atomic E-state index is -0.180. The third-order valence-corrected chi connectivity index (χ3v) is 4.26. The van der Waals surface area contributed by atoms with Gasteiger partial charge in [0.2, 0.25) is 11.8 Å². The third kappa shape index (κ3) is 4.19. The highest BCUT2D eigenvalue weighted by molar-refractivity contribution is 5.92. The van der Waals surface area contributed by atoms with Crippen LogP contribution >= 0.6 is 0 Å². The summed E-state index contributed by atoms with van der Waals surface area (Å²) >= 11 is 0. The van der Waals surface area contributed by atoms with Crippen LogP contribution in [0.15, 0.2) is 54.7 Å². The first-order valence-corrected chi connectivity index (χ1v) is 8.26. The number of aromatic nitrogens is 1. The number of amides is 2. The molecule has 1 aliphatic rings. The number of anilines is 1. The number of carbonyl (C=O) groups excluding carboxylic acids is 2. The molecule has 124 valence electrons. The molecule has 2 aromatic rings. The van der Waals surface area contributed by atoms with E-state index >= 15 is 0 Å². The minimum absolute atomic E-state index is 0.0640. The zero-order chi connectivity index (χ0) is 16.8. The summed E-state index contributed by atoms with van der Waals surface area (Å²) in [6.45, 7) is 1.20. The minimum Gasteiger partial charge on any atom is -0.342 e. The molecule has 1 aromatic carbocycles. The van der Waals surface area contributed by atoms with E-state index in [-0.39, 0.29) is 17.7 Å². The number of hydrogen-bond acceptors (Lipinski definition) is 3. The van der Waals surface area contributed by atoms with Crippen molar-refractivity contribution in [2.24, 2.45) is 5.92 Å². The lowest BCUT2D eigenvalue weighted by Gasteiger charge is -2.32. The molecule has 2 amide bonds. The normalized spacial score (nSPS) is 17.3. The summed E-state index contributed by atoms with van der Waals surface area (Å²) in [7, 11) is 0. The molecule has 5 nitrogen and oxygen atoms in total. The van der Waals surface area contributed by atoms with Crippen molar-refractivity contribution >= 4 is 17.6 Å². The number of nitrogens with zero attached hydrogens (tertiary/aromatic N) is 2. The van der Waals surface area contributed by atoms with E-state index in [4.69, 9.17) is 0 Å². The van der Waals surface area contributed by atoms with Gasteiger partial charge in [-0.05, 0) is 30.5 Å². The monoisotopic (exact) mass is 323 g/mol. The molecule has 1 atom stereocenters. The summed E-state index contributed by atoms with van der Waals surface area (Å²) in [5.41, 5.74) is 1.00. The Morgan fingerprint density at radius 1 is 1.12 bits per heavy atom. The number of benzene rings is 1. The molecule has 0 spiro atoms. The summed E-state index contributed by atoms with van der Waals surface area (Å²) in [4.78, 5) is 30.8. The second kappa shape index (κ2) is 7.73. The van der Waals surface area contributed by atoms with E-state index < -0.39 is 0 Å². The Morgan fingerprint density at radius 3 is 2.67 bits per heavy atom. The lowest BCUT2D eigenvalue weighted by atomic mass is 9.96. The first-order valence-electron chi connectivity index (χ1n) is 8.26. The van der Waals surface area contributed by atoms with Crippen LogP contribution in [0.5, 0.6) is 0 Å². The summed E-state index contributed by atoms with van der Waals surface area (Å²) < 4.78 is 0. The molecule has 2 heterocycles. The van der Waals surface area contributed by atoms with E-state index in [0.29, 0.717) is 18.8 Å². The van der Waals surface area contributed by atoms with E-state index in [0.717, 1.165) is 24.9 Å². The number of rotatable bonds is 4. The van der Waals surface area contributed by atoms with Crippen LogP contribution in [0.3, 0.4) is 0 Å². The molecular formula is C19H21N3O2. The van der Waals surface area contributed by atoms with Gasteiger partial charge < -0.3 is 10.2 Å². The van der Waals surface area contributed by atoms with Crippen LogP contribution in [-0.2, 0) is 16.0 Å². The van der Waals surface area contributed by atoms with Gasteiger partial charge in [0.15, 0.2) is 0 Å². The van der Waals surface area contributed by atoms with Crippen molar-refractivity contribution in [1.29, 1.82) is 0 Å². The molecule has 0 bridgehead atoms. The molecule has 0 saturated carbocycles.